The number of nitrogens with two attached hydrogens (primary N) is 1. The first-order valence-electron chi connectivity index (χ1n) is 7.75. The van der Waals surface area contributed by atoms with E-state index in [1.54, 1.807) is 0 Å². The summed E-state index contributed by atoms with van der Waals surface area (Å²) in [6.45, 7) is 10.8. The van der Waals surface area contributed by atoms with Crippen molar-refractivity contribution in [3.63, 3.8) is 0 Å². The van der Waals surface area contributed by atoms with E-state index in [1.165, 1.54) is 12.8 Å². The van der Waals surface area contributed by atoms with Crippen LogP contribution in [0.2, 0.25) is 0 Å². The van der Waals surface area contributed by atoms with Gasteiger partial charge in [0.25, 0.3) is 0 Å². The topological polar surface area (TPSA) is 55.1 Å². The molecule has 0 saturated heterocycles. The molecule has 0 radical (unpaired) electrons. The molecule has 0 bridgehead atoms. The van der Waals surface area contributed by atoms with Crippen LogP contribution in [0, 0.1) is 16.2 Å². The van der Waals surface area contributed by atoms with E-state index in [0.29, 0.717) is 0 Å². The minimum absolute atomic E-state index is 0.00725. The zero-order chi connectivity index (χ0) is 14.5. The van der Waals surface area contributed by atoms with Crippen LogP contribution < -0.4 is 11.1 Å². The highest BCUT2D eigenvalue weighted by Crippen LogP contribution is 2.53. The molecule has 2 aliphatic rings. The van der Waals surface area contributed by atoms with Crippen LogP contribution in [0.25, 0.3) is 0 Å². The molecule has 2 saturated carbocycles. The van der Waals surface area contributed by atoms with Crippen molar-refractivity contribution in [3.05, 3.63) is 0 Å². The van der Waals surface area contributed by atoms with Crippen molar-refractivity contribution in [2.45, 2.75) is 78.8 Å². The molecule has 3 heteroatoms. The monoisotopic (exact) mass is 266 g/mol. The first kappa shape index (κ1) is 14.8. The number of carbonyl (C=O) groups excluding carboxylic acids is 1. The van der Waals surface area contributed by atoms with Crippen LogP contribution >= 0.6 is 0 Å². The standard InChI is InChI=1S/C16H30N2O/c1-6-16(9-7-8-10-16)13(19)18-12-14(2,3)11(17)15(12,4)5/h11-12H,6-10,17H2,1-5H3,(H,18,19). The zero-order valence-electron chi connectivity index (χ0n) is 13.2. The van der Waals surface area contributed by atoms with Crippen LogP contribution in [-0.2, 0) is 4.79 Å². The molecule has 19 heavy (non-hydrogen) atoms. The molecule has 2 aliphatic carbocycles. The van der Waals surface area contributed by atoms with Gasteiger partial charge in [0.1, 0.15) is 0 Å². The highest BCUT2D eigenvalue weighted by atomic mass is 16.2. The molecule has 0 aliphatic heterocycles. The summed E-state index contributed by atoms with van der Waals surface area (Å²) in [4.78, 5) is 12.7. The van der Waals surface area contributed by atoms with E-state index >= 15 is 0 Å². The number of nitrogens with one attached hydrogen (secondary N) is 1. The Morgan fingerprint density at radius 2 is 1.63 bits per heavy atom. The van der Waals surface area contributed by atoms with Gasteiger partial charge < -0.3 is 11.1 Å². The molecule has 0 aromatic carbocycles. The summed E-state index contributed by atoms with van der Waals surface area (Å²) in [5.41, 5.74) is 6.15. The van der Waals surface area contributed by atoms with Crippen LogP contribution in [0.15, 0.2) is 0 Å². The fraction of sp³-hybridized carbons (Fsp3) is 0.938. The first-order valence-corrected chi connectivity index (χ1v) is 7.75. The molecule has 2 fully saturated rings. The minimum atomic E-state index is -0.105. The van der Waals surface area contributed by atoms with E-state index < -0.39 is 0 Å². The number of carbonyl (C=O) groups is 1. The van der Waals surface area contributed by atoms with Gasteiger partial charge in [-0.2, -0.15) is 0 Å². The van der Waals surface area contributed by atoms with Crippen molar-refractivity contribution < 1.29 is 4.79 Å². The molecule has 0 heterocycles. The van der Waals surface area contributed by atoms with Crippen LogP contribution in [0.3, 0.4) is 0 Å². The van der Waals surface area contributed by atoms with E-state index in [1.807, 2.05) is 0 Å². The summed E-state index contributed by atoms with van der Waals surface area (Å²) in [5.74, 6) is 0.269. The Labute approximate surface area is 117 Å². The predicted octanol–water partition coefficient (Wildman–Crippen LogP) is 2.83. The van der Waals surface area contributed by atoms with Crippen molar-refractivity contribution in [1.29, 1.82) is 0 Å². The van der Waals surface area contributed by atoms with Gasteiger partial charge in [-0.1, -0.05) is 47.5 Å². The van der Waals surface area contributed by atoms with Crippen LogP contribution in [0.4, 0.5) is 0 Å². The van der Waals surface area contributed by atoms with Gasteiger partial charge in [-0.3, -0.25) is 4.79 Å². The highest BCUT2D eigenvalue weighted by Gasteiger charge is 2.61. The lowest BCUT2D eigenvalue weighted by atomic mass is 9.48. The molecule has 110 valence electrons. The van der Waals surface area contributed by atoms with E-state index in [4.69, 9.17) is 5.73 Å². The van der Waals surface area contributed by atoms with Gasteiger partial charge in [0.2, 0.25) is 5.91 Å². The number of rotatable bonds is 3. The number of amides is 1. The average Bonchev–Trinajstić information content (AvgIpc) is 2.84. The molecule has 3 nitrogen and oxygen atoms in total. The Kier molecular flexibility index (Phi) is 3.49. The maximum Gasteiger partial charge on any atom is 0.226 e. The van der Waals surface area contributed by atoms with E-state index in [2.05, 4.69) is 39.9 Å². The third-order valence-corrected chi connectivity index (χ3v) is 6.09. The summed E-state index contributed by atoms with van der Waals surface area (Å²) in [7, 11) is 0. The van der Waals surface area contributed by atoms with Gasteiger partial charge in [-0.15, -0.1) is 0 Å². The molecule has 0 aromatic heterocycles. The SMILES string of the molecule is CCC1(C(=O)NC2C(C)(C)C(N)C2(C)C)CCCC1. The Balaban J connectivity index is 2.11. The number of hydrogen-bond acceptors (Lipinski definition) is 2. The summed E-state index contributed by atoms with van der Waals surface area (Å²) in [6, 6.07) is 0.331. The van der Waals surface area contributed by atoms with Crippen molar-refractivity contribution in [2.24, 2.45) is 22.0 Å². The zero-order valence-corrected chi connectivity index (χ0v) is 13.2. The van der Waals surface area contributed by atoms with Crippen molar-refractivity contribution >= 4 is 5.91 Å². The first-order chi connectivity index (χ1) is 8.68. The Morgan fingerprint density at radius 3 is 2.05 bits per heavy atom. The lowest BCUT2D eigenvalue weighted by molar-refractivity contribution is -0.141. The van der Waals surface area contributed by atoms with Crippen LogP contribution in [-0.4, -0.2) is 18.0 Å². The lowest BCUT2D eigenvalue weighted by Gasteiger charge is -2.63. The van der Waals surface area contributed by atoms with Crippen molar-refractivity contribution in [2.75, 3.05) is 0 Å². The van der Waals surface area contributed by atoms with E-state index in [0.717, 1.165) is 19.3 Å². The Morgan fingerprint density at radius 1 is 1.16 bits per heavy atom. The van der Waals surface area contributed by atoms with Gasteiger partial charge in [0.05, 0.1) is 0 Å². The predicted molar refractivity (Wildman–Crippen MR) is 78.7 cm³/mol. The van der Waals surface area contributed by atoms with Crippen LogP contribution in [0.1, 0.15) is 66.7 Å². The highest BCUT2D eigenvalue weighted by molar-refractivity contribution is 5.83. The van der Waals surface area contributed by atoms with Gasteiger partial charge in [0.15, 0.2) is 0 Å². The molecule has 3 N–H and O–H groups in total. The number of hydrogen-bond donors (Lipinski definition) is 2. The molecule has 0 unspecified atom stereocenters. The molecule has 2 rings (SSSR count). The van der Waals surface area contributed by atoms with E-state index in [-0.39, 0.29) is 34.2 Å². The summed E-state index contributed by atoms with van der Waals surface area (Å²) < 4.78 is 0. The van der Waals surface area contributed by atoms with Gasteiger partial charge in [-0.25, -0.2) is 0 Å². The summed E-state index contributed by atoms with van der Waals surface area (Å²) >= 11 is 0. The van der Waals surface area contributed by atoms with E-state index in [9.17, 15) is 4.79 Å². The van der Waals surface area contributed by atoms with Crippen LogP contribution in [0.5, 0.6) is 0 Å². The average molecular weight is 266 g/mol. The van der Waals surface area contributed by atoms with Crippen molar-refractivity contribution in [1.82, 2.24) is 5.32 Å². The molecule has 1 amide bonds. The molecule has 0 spiro atoms. The largest absolute Gasteiger partial charge is 0.352 e. The summed E-state index contributed by atoms with van der Waals surface area (Å²) in [5, 5.41) is 3.34. The third kappa shape index (κ3) is 2.01. The normalized spacial score (nSPS) is 34.6. The Bertz CT molecular complexity index is 351. The second-order valence-electron chi connectivity index (χ2n) is 7.87. The Hall–Kier alpha value is -0.570. The van der Waals surface area contributed by atoms with Gasteiger partial charge in [0, 0.05) is 28.3 Å². The molecule has 0 aromatic rings. The maximum atomic E-state index is 12.7. The summed E-state index contributed by atoms with van der Waals surface area (Å²) in [6.07, 6.45) is 5.44. The van der Waals surface area contributed by atoms with Crippen molar-refractivity contribution in [3.8, 4) is 0 Å². The quantitative estimate of drug-likeness (QED) is 0.825. The smallest absolute Gasteiger partial charge is 0.226 e. The fourth-order valence-corrected chi connectivity index (χ4v) is 4.63. The molecular formula is C16H30N2O. The molecule has 0 atom stereocenters. The second kappa shape index (κ2) is 4.47. The molecular weight excluding hydrogens is 236 g/mol. The maximum absolute atomic E-state index is 12.7. The minimum Gasteiger partial charge on any atom is -0.352 e. The van der Waals surface area contributed by atoms with Gasteiger partial charge in [-0.05, 0) is 19.3 Å². The second-order valence-corrected chi connectivity index (χ2v) is 7.87. The third-order valence-electron chi connectivity index (χ3n) is 6.09. The lowest BCUT2D eigenvalue weighted by Crippen LogP contribution is -2.76. The fourth-order valence-electron chi connectivity index (χ4n) is 4.63. The van der Waals surface area contributed by atoms with Gasteiger partial charge >= 0.3 is 0 Å².